The molecule has 0 aliphatic carbocycles. The molecule has 2 rings (SSSR count). The van der Waals surface area contributed by atoms with Crippen LogP contribution in [-0.4, -0.2) is 15.6 Å². The van der Waals surface area contributed by atoms with Crippen LogP contribution >= 0.6 is 0 Å². The molecule has 0 aliphatic rings. The quantitative estimate of drug-likeness (QED) is 0.877. The molecule has 4 heteroatoms. The predicted octanol–water partition coefficient (Wildman–Crippen LogP) is 3.13. The monoisotopic (exact) mass is 275 g/mol. The standard InChI is InChI=1S/C16H22FN3/c1-4-20-8-7-18-16(20)10-13-5-6-15(17)9-14(13)11-19-12(2)3/h5-9,12,19H,4,10-11H2,1-3H3. The highest BCUT2D eigenvalue weighted by Crippen LogP contribution is 2.16. The van der Waals surface area contributed by atoms with Gasteiger partial charge in [-0.05, 0) is 30.2 Å². The highest BCUT2D eigenvalue weighted by Gasteiger charge is 2.09. The van der Waals surface area contributed by atoms with E-state index in [-0.39, 0.29) is 5.82 Å². The van der Waals surface area contributed by atoms with E-state index in [1.54, 1.807) is 6.07 Å². The van der Waals surface area contributed by atoms with Crippen molar-refractivity contribution >= 4 is 0 Å². The van der Waals surface area contributed by atoms with E-state index in [2.05, 4.69) is 35.6 Å². The summed E-state index contributed by atoms with van der Waals surface area (Å²) in [6, 6.07) is 5.38. The first-order valence-corrected chi connectivity index (χ1v) is 7.10. The van der Waals surface area contributed by atoms with E-state index in [1.807, 2.05) is 18.5 Å². The molecule has 0 amide bonds. The Bertz CT molecular complexity index is 561. The number of benzene rings is 1. The smallest absolute Gasteiger partial charge is 0.123 e. The lowest BCUT2D eigenvalue weighted by molar-refractivity contribution is 0.578. The summed E-state index contributed by atoms with van der Waals surface area (Å²) in [6.45, 7) is 7.84. The van der Waals surface area contributed by atoms with Crippen molar-refractivity contribution in [1.82, 2.24) is 14.9 Å². The Hall–Kier alpha value is -1.68. The number of nitrogens with one attached hydrogen (secondary N) is 1. The van der Waals surface area contributed by atoms with Crippen LogP contribution in [0.1, 0.15) is 37.7 Å². The van der Waals surface area contributed by atoms with E-state index in [4.69, 9.17) is 0 Å². The lowest BCUT2D eigenvalue weighted by atomic mass is 10.0. The normalized spacial score (nSPS) is 11.2. The second-order valence-electron chi connectivity index (χ2n) is 5.25. The molecular formula is C16H22FN3. The summed E-state index contributed by atoms with van der Waals surface area (Å²) in [7, 11) is 0. The van der Waals surface area contributed by atoms with E-state index in [0.717, 1.165) is 29.9 Å². The molecule has 0 radical (unpaired) electrons. The van der Waals surface area contributed by atoms with Gasteiger partial charge in [-0.3, -0.25) is 0 Å². The Kier molecular flexibility index (Phi) is 4.90. The van der Waals surface area contributed by atoms with Crippen molar-refractivity contribution in [3.8, 4) is 0 Å². The maximum absolute atomic E-state index is 13.4. The van der Waals surface area contributed by atoms with Gasteiger partial charge in [0.25, 0.3) is 0 Å². The van der Waals surface area contributed by atoms with Gasteiger partial charge in [0.15, 0.2) is 0 Å². The molecule has 1 N–H and O–H groups in total. The number of hydrogen-bond donors (Lipinski definition) is 1. The molecule has 0 saturated heterocycles. The van der Waals surface area contributed by atoms with Crippen molar-refractivity contribution in [3.05, 3.63) is 53.4 Å². The predicted molar refractivity (Wildman–Crippen MR) is 79.1 cm³/mol. The average Bonchev–Trinajstić information content (AvgIpc) is 2.86. The number of nitrogens with zero attached hydrogens (tertiary/aromatic N) is 2. The van der Waals surface area contributed by atoms with Crippen LogP contribution in [0, 0.1) is 5.82 Å². The van der Waals surface area contributed by atoms with Gasteiger partial charge in [0, 0.05) is 37.9 Å². The highest BCUT2D eigenvalue weighted by molar-refractivity contribution is 5.30. The maximum Gasteiger partial charge on any atom is 0.123 e. The SMILES string of the molecule is CCn1ccnc1Cc1ccc(F)cc1CNC(C)C. The fourth-order valence-electron chi connectivity index (χ4n) is 2.21. The van der Waals surface area contributed by atoms with Crippen molar-refractivity contribution in [2.45, 2.75) is 46.3 Å². The zero-order chi connectivity index (χ0) is 14.5. The van der Waals surface area contributed by atoms with E-state index < -0.39 is 0 Å². The lowest BCUT2D eigenvalue weighted by Crippen LogP contribution is -2.22. The molecule has 2 aromatic rings. The zero-order valence-electron chi connectivity index (χ0n) is 12.4. The van der Waals surface area contributed by atoms with Crippen molar-refractivity contribution in [3.63, 3.8) is 0 Å². The molecule has 108 valence electrons. The molecule has 1 aromatic carbocycles. The van der Waals surface area contributed by atoms with Crippen LogP contribution in [0.2, 0.25) is 0 Å². The summed E-state index contributed by atoms with van der Waals surface area (Å²) in [6.07, 6.45) is 4.52. The molecule has 0 aliphatic heterocycles. The van der Waals surface area contributed by atoms with Gasteiger partial charge in [-0.25, -0.2) is 9.37 Å². The third-order valence-electron chi connectivity index (χ3n) is 3.36. The first kappa shape index (κ1) is 14.7. The van der Waals surface area contributed by atoms with Crippen molar-refractivity contribution in [1.29, 1.82) is 0 Å². The molecule has 20 heavy (non-hydrogen) atoms. The largest absolute Gasteiger partial charge is 0.335 e. The summed E-state index contributed by atoms with van der Waals surface area (Å²) in [5.74, 6) is 0.832. The third-order valence-corrected chi connectivity index (χ3v) is 3.36. The number of hydrogen-bond acceptors (Lipinski definition) is 2. The van der Waals surface area contributed by atoms with Crippen LogP contribution in [0.4, 0.5) is 4.39 Å². The average molecular weight is 275 g/mol. The number of aromatic nitrogens is 2. The van der Waals surface area contributed by atoms with E-state index >= 15 is 0 Å². The van der Waals surface area contributed by atoms with Crippen molar-refractivity contribution < 1.29 is 4.39 Å². The van der Waals surface area contributed by atoms with Crippen LogP contribution in [0.25, 0.3) is 0 Å². The van der Waals surface area contributed by atoms with E-state index in [9.17, 15) is 4.39 Å². The van der Waals surface area contributed by atoms with Gasteiger partial charge in [-0.2, -0.15) is 0 Å². The third kappa shape index (κ3) is 3.67. The Morgan fingerprint density at radius 2 is 2.10 bits per heavy atom. The van der Waals surface area contributed by atoms with Gasteiger partial charge in [-0.1, -0.05) is 19.9 Å². The van der Waals surface area contributed by atoms with Crippen LogP contribution in [-0.2, 0) is 19.5 Å². The van der Waals surface area contributed by atoms with E-state index in [0.29, 0.717) is 12.6 Å². The van der Waals surface area contributed by atoms with Gasteiger partial charge >= 0.3 is 0 Å². The minimum Gasteiger partial charge on any atom is -0.335 e. The molecule has 0 spiro atoms. The minimum absolute atomic E-state index is 0.187. The fraction of sp³-hybridized carbons (Fsp3) is 0.438. The zero-order valence-corrected chi connectivity index (χ0v) is 12.4. The summed E-state index contributed by atoms with van der Waals surface area (Å²) in [5.41, 5.74) is 2.13. The maximum atomic E-state index is 13.4. The summed E-state index contributed by atoms with van der Waals surface area (Å²) in [4.78, 5) is 4.39. The van der Waals surface area contributed by atoms with Crippen molar-refractivity contribution in [2.24, 2.45) is 0 Å². The molecule has 3 nitrogen and oxygen atoms in total. The lowest BCUT2D eigenvalue weighted by Gasteiger charge is -2.13. The number of aryl methyl sites for hydroxylation is 1. The molecular weight excluding hydrogens is 253 g/mol. The van der Waals surface area contributed by atoms with Crippen molar-refractivity contribution in [2.75, 3.05) is 0 Å². The van der Waals surface area contributed by atoms with Crippen LogP contribution in [0.15, 0.2) is 30.6 Å². The summed E-state index contributed by atoms with van der Waals surface area (Å²) in [5, 5.41) is 3.34. The molecule has 0 saturated carbocycles. The Balaban J connectivity index is 2.22. The van der Waals surface area contributed by atoms with Gasteiger partial charge in [0.1, 0.15) is 11.6 Å². The number of rotatable bonds is 6. The minimum atomic E-state index is -0.187. The molecule has 1 aromatic heterocycles. The van der Waals surface area contributed by atoms with Gasteiger partial charge in [0.2, 0.25) is 0 Å². The van der Waals surface area contributed by atoms with Crippen LogP contribution < -0.4 is 5.32 Å². The van der Waals surface area contributed by atoms with Gasteiger partial charge < -0.3 is 9.88 Å². The second-order valence-corrected chi connectivity index (χ2v) is 5.25. The first-order valence-electron chi connectivity index (χ1n) is 7.10. The molecule has 0 atom stereocenters. The summed E-state index contributed by atoms with van der Waals surface area (Å²) >= 11 is 0. The molecule has 0 fully saturated rings. The number of imidazole rings is 1. The number of halogens is 1. The van der Waals surface area contributed by atoms with Crippen LogP contribution in [0.3, 0.4) is 0 Å². The summed E-state index contributed by atoms with van der Waals surface area (Å²) < 4.78 is 15.6. The highest BCUT2D eigenvalue weighted by atomic mass is 19.1. The Labute approximate surface area is 119 Å². The van der Waals surface area contributed by atoms with E-state index in [1.165, 1.54) is 6.07 Å². The first-order chi connectivity index (χ1) is 9.60. The molecule has 1 heterocycles. The van der Waals surface area contributed by atoms with Crippen LogP contribution in [0.5, 0.6) is 0 Å². The second kappa shape index (κ2) is 6.66. The Morgan fingerprint density at radius 3 is 2.80 bits per heavy atom. The topological polar surface area (TPSA) is 29.9 Å². The Morgan fingerprint density at radius 1 is 1.30 bits per heavy atom. The van der Waals surface area contributed by atoms with Gasteiger partial charge in [-0.15, -0.1) is 0 Å². The fourth-order valence-corrected chi connectivity index (χ4v) is 2.21. The molecule has 0 bridgehead atoms. The molecule has 0 unspecified atom stereocenters. The van der Waals surface area contributed by atoms with Gasteiger partial charge in [0.05, 0.1) is 0 Å².